The highest BCUT2D eigenvalue weighted by Gasteiger charge is 2.32. The lowest BCUT2D eigenvalue weighted by Gasteiger charge is -2.38. The zero-order chi connectivity index (χ0) is 16.1. The van der Waals surface area contributed by atoms with Gasteiger partial charge in [-0.3, -0.25) is 0 Å². The first-order chi connectivity index (χ1) is 9.68. The molecule has 3 atom stereocenters. The van der Waals surface area contributed by atoms with E-state index in [0.29, 0.717) is 11.3 Å². The molecule has 0 saturated carbocycles. The Labute approximate surface area is 132 Å². The van der Waals surface area contributed by atoms with Crippen LogP contribution in [0.4, 0.5) is 0 Å². The van der Waals surface area contributed by atoms with Crippen molar-refractivity contribution in [2.45, 2.75) is 67.4 Å². The van der Waals surface area contributed by atoms with Crippen molar-refractivity contribution in [3.8, 4) is 0 Å². The van der Waals surface area contributed by atoms with Gasteiger partial charge in [0.25, 0.3) is 0 Å². The summed E-state index contributed by atoms with van der Waals surface area (Å²) in [5.74, 6) is 0.658. The van der Waals surface area contributed by atoms with Crippen LogP contribution >= 0.6 is 0 Å². The molecule has 0 fully saturated rings. The van der Waals surface area contributed by atoms with E-state index >= 15 is 0 Å². The summed E-state index contributed by atoms with van der Waals surface area (Å²) in [6, 6.07) is 10.5. The molecule has 120 valence electrons. The molecule has 21 heavy (non-hydrogen) atoms. The molecule has 0 amide bonds. The molecule has 0 radical (unpaired) electrons. The van der Waals surface area contributed by atoms with Crippen molar-refractivity contribution in [1.29, 1.82) is 0 Å². The van der Waals surface area contributed by atoms with Gasteiger partial charge >= 0.3 is 0 Å². The second-order valence-corrected chi connectivity index (χ2v) is 8.04. The molecule has 0 aliphatic rings. The van der Waals surface area contributed by atoms with Gasteiger partial charge in [-0.25, -0.2) is 0 Å². The number of ether oxygens (including phenoxy) is 1. The number of benzene rings is 1. The Hall–Kier alpha value is -0.820. The van der Waals surface area contributed by atoms with Gasteiger partial charge in [0, 0.05) is 0 Å². The van der Waals surface area contributed by atoms with Gasteiger partial charge in [0.2, 0.25) is 0 Å². The lowest BCUT2D eigenvalue weighted by atomic mass is 9.70. The standard InChI is InChI=1S/C20H34O/c1-8-20(7,16(2)14-19(4,5)6)15-21-17(3)18-12-10-9-11-13-18/h9-13,16-17H,8,14-15H2,1-7H3. The van der Waals surface area contributed by atoms with E-state index in [9.17, 15) is 0 Å². The van der Waals surface area contributed by atoms with Crippen LogP contribution in [0.1, 0.15) is 73.0 Å². The normalized spacial score (nSPS) is 18.0. The van der Waals surface area contributed by atoms with Crippen molar-refractivity contribution in [3.63, 3.8) is 0 Å². The summed E-state index contributed by atoms with van der Waals surface area (Å²) < 4.78 is 6.22. The zero-order valence-corrected chi connectivity index (χ0v) is 15.1. The number of hydrogen-bond acceptors (Lipinski definition) is 1. The predicted molar refractivity (Wildman–Crippen MR) is 92.4 cm³/mol. The van der Waals surface area contributed by atoms with Gasteiger partial charge in [-0.1, -0.05) is 71.9 Å². The van der Waals surface area contributed by atoms with Crippen LogP contribution in [0.15, 0.2) is 30.3 Å². The average molecular weight is 290 g/mol. The van der Waals surface area contributed by atoms with E-state index in [-0.39, 0.29) is 11.5 Å². The summed E-state index contributed by atoms with van der Waals surface area (Å²) in [7, 11) is 0. The van der Waals surface area contributed by atoms with E-state index < -0.39 is 0 Å². The van der Waals surface area contributed by atoms with E-state index in [2.05, 4.69) is 78.8 Å². The van der Waals surface area contributed by atoms with Gasteiger partial charge in [0.05, 0.1) is 12.7 Å². The van der Waals surface area contributed by atoms with Crippen LogP contribution in [0, 0.1) is 16.7 Å². The Bertz CT molecular complexity index is 404. The Kier molecular flexibility index (Phi) is 6.46. The summed E-state index contributed by atoms with van der Waals surface area (Å²) >= 11 is 0. The molecule has 3 unspecified atom stereocenters. The molecule has 1 heteroatoms. The number of hydrogen-bond donors (Lipinski definition) is 0. The molecule has 0 N–H and O–H groups in total. The molecular formula is C20H34O. The summed E-state index contributed by atoms with van der Waals surface area (Å²) in [4.78, 5) is 0. The van der Waals surface area contributed by atoms with Crippen molar-refractivity contribution in [1.82, 2.24) is 0 Å². The maximum Gasteiger partial charge on any atom is 0.0797 e. The second-order valence-electron chi connectivity index (χ2n) is 8.04. The fourth-order valence-electron chi connectivity index (χ4n) is 2.89. The smallest absolute Gasteiger partial charge is 0.0797 e. The molecule has 1 rings (SSSR count). The minimum absolute atomic E-state index is 0.166. The largest absolute Gasteiger partial charge is 0.373 e. The Balaban J connectivity index is 2.64. The minimum atomic E-state index is 0.166. The zero-order valence-electron chi connectivity index (χ0n) is 15.1. The van der Waals surface area contributed by atoms with Crippen molar-refractivity contribution >= 4 is 0 Å². The Morgan fingerprint density at radius 3 is 2.05 bits per heavy atom. The van der Waals surface area contributed by atoms with Gasteiger partial charge in [0.15, 0.2) is 0 Å². The van der Waals surface area contributed by atoms with Gasteiger partial charge in [-0.15, -0.1) is 0 Å². The molecule has 1 aromatic carbocycles. The topological polar surface area (TPSA) is 9.23 Å². The van der Waals surface area contributed by atoms with Crippen LogP contribution in [-0.4, -0.2) is 6.61 Å². The molecule has 0 bridgehead atoms. The second kappa shape index (κ2) is 7.45. The summed E-state index contributed by atoms with van der Waals surface area (Å²) in [5, 5.41) is 0. The van der Waals surface area contributed by atoms with Crippen molar-refractivity contribution in [3.05, 3.63) is 35.9 Å². The molecule has 1 nitrogen and oxygen atoms in total. The molecule has 0 aromatic heterocycles. The fourth-order valence-corrected chi connectivity index (χ4v) is 2.89. The Morgan fingerprint density at radius 1 is 1.00 bits per heavy atom. The van der Waals surface area contributed by atoms with E-state index in [1.807, 2.05) is 0 Å². The van der Waals surface area contributed by atoms with Crippen LogP contribution in [0.5, 0.6) is 0 Å². The minimum Gasteiger partial charge on any atom is -0.373 e. The molecular weight excluding hydrogens is 256 g/mol. The van der Waals surface area contributed by atoms with Crippen LogP contribution in [-0.2, 0) is 4.74 Å². The van der Waals surface area contributed by atoms with Gasteiger partial charge in [-0.05, 0) is 42.1 Å². The van der Waals surface area contributed by atoms with Gasteiger partial charge < -0.3 is 4.74 Å². The summed E-state index contributed by atoms with van der Waals surface area (Å²) in [5.41, 5.74) is 1.89. The van der Waals surface area contributed by atoms with E-state index in [0.717, 1.165) is 13.0 Å². The predicted octanol–water partition coefficient (Wildman–Crippen LogP) is 6.25. The van der Waals surface area contributed by atoms with Crippen LogP contribution in [0.25, 0.3) is 0 Å². The molecule has 0 saturated heterocycles. The SMILES string of the molecule is CCC(C)(COC(C)c1ccccc1)C(C)CC(C)(C)C. The maximum atomic E-state index is 6.22. The molecule has 0 aliphatic heterocycles. The van der Waals surface area contributed by atoms with Crippen LogP contribution in [0.2, 0.25) is 0 Å². The van der Waals surface area contributed by atoms with Crippen LogP contribution in [0.3, 0.4) is 0 Å². The summed E-state index contributed by atoms with van der Waals surface area (Å²) in [6.07, 6.45) is 2.56. The molecule has 1 aromatic rings. The van der Waals surface area contributed by atoms with Crippen molar-refractivity contribution in [2.24, 2.45) is 16.7 Å². The van der Waals surface area contributed by atoms with Crippen molar-refractivity contribution < 1.29 is 4.74 Å². The maximum absolute atomic E-state index is 6.22. The molecule has 0 heterocycles. The van der Waals surface area contributed by atoms with E-state index in [1.165, 1.54) is 12.0 Å². The van der Waals surface area contributed by atoms with Crippen LogP contribution < -0.4 is 0 Å². The van der Waals surface area contributed by atoms with Gasteiger partial charge in [0.1, 0.15) is 0 Å². The average Bonchev–Trinajstić information content (AvgIpc) is 2.43. The molecule has 0 spiro atoms. The van der Waals surface area contributed by atoms with E-state index in [4.69, 9.17) is 4.74 Å². The first kappa shape index (κ1) is 18.2. The number of rotatable bonds is 7. The highest BCUT2D eigenvalue weighted by molar-refractivity contribution is 5.16. The van der Waals surface area contributed by atoms with Crippen molar-refractivity contribution in [2.75, 3.05) is 6.61 Å². The first-order valence-corrected chi connectivity index (χ1v) is 8.34. The van der Waals surface area contributed by atoms with Gasteiger partial charge in [-0.2, -0.15) is 0 Å². The van der Waals surface area contributed by atoms with E-state index in [1.54, 1.807) is 0 Å². The first-order valence-electron chi connectivity index (χ1n) is 8.34. The fraction of sp³-hybridized carbons (Fsp3) is 0.700. The highest BCUT2D eigenvalue weighted by atomic mass is 16.5. The third kappa shape index (κ3) is 5.82. The quantitative estimate of drug-likeness (QED) is 0.576. The monoisotopic (exact) mass is 290 g/mol. The summed E-state index contributed by atoms with van der Waals surface area (Å²) in [6.45, 7) is 17.0. The lowest BCUT2D eigenvalue weighted by molar-refractivity contribution is -0.0277. The molecule has 0 aliphatic carbocycles. The Morgan fingerprint density at radius 2 is 1.57 bits per heavy atom. The highest BCUT2D eigenvalue weighted by Crippen LogP contribution is 2.39. The lowest BCUT2D eigenvalue weighted by Crippen LogP contribution is -2.33. The third-order valence-electron chi connectivity index (χ3n) is 4.85. The third-order valence-corrected chi connectivity index (χ3v) is 4.85.